The van der Waals surface area contributed by atoms with Crippen molar-refractivity contribution in [1.82, 2.24) is 10.6 Å². The molecule has 22 heavy (non-hydrogen) atoms. The quantitative estimate of drug-likeness (QED) is 0.617. The summed E-state index contributed by atoms with van der Waals surface area (Å²) < 4.78 is 11.8. The van der Waals surface area contributed by atoms with Gasteiger partial charge in [0.25, 0.3) is 0 Å². The Labute approximate surface area is 141 Å². The maximum Gasteiger partial charge on any atom is 0.191 e. The third kappa shape index (κ3) is 6.92. The molecule has 6 heteroatoms. The van der Waals surface area contributed by atoms with Crippen molar-refractivity contribution in [2.24, 2.45) is 4.99 Å². The van der Waals surface area contributed by atoms with Crippen LogP contribution in [0.1, 0.15) is 37.4 Å². The molecule has 2 atom stereocenters. The molecule has 126 valence electrons. The maximum absolute atomic E-state index is 12.0. The minimum atomic E-state index is -0.841. The highest BCUT2D eigenvalue weighted by Gasteiger charge is 2.18. The van der Waals surface area contributed by atoms with E-state index in [4.69, 9.17) is 0 Å². The number of aliphatic imine (C=N–C) groups is 1. The molecule has 0 amide bonds. The van der Waals surface area contributed by atoms with E-state index in [-0.39, 0.29) is 4.75 Å². The van der Waals surface area contributed by atoms with Gasteiger partial charge in [-0.25, -0.2) is 0 Å². The van der Waals surface area contributed by atoms with E-state index >= 15 is 0 Å². The smallest absolute Gasteiger partial charge is 0.191 e. The average Bonchev–Trinajstić information content (AvgIpc) is 2.81. The van der Waals surface area contributed by atoms with Crippen LogP contribution in [0.4, 0.5) is 0 Å². The molecular formula is C16H29N3OS2. The summed E-state index contributed by atoms with van der Waals surface area (Å²) in [6.07, 6.45) is 0.979. The van der Waals surface area contributed by atoms with Crippen LogP contribution >= 0.6 is 11.3 Å². The van der Waals surface area contributed by atoms with E-state index in [0.29, 0.717) is 18.3 Å². The van der Waals surface area contributed by atoms with Crippen LogP contribution in [0.3, 0.4) is 0 Å². The van der Waals surface area contributed by atoms with Crippen LogP contribution in [0.2, 0.25) is 0 Å². The molecule has 1 heterocycles. The van der Waals surface area contributed by atoms with Gasteiger partial charge in [-0.15, -0.1) is 11.3 Å². The highest BCUT2D eigenvalue weighted by Crippen LogP contribution is 2.16. The second kappa shape index (κ2) is 8.67. The number of hydrogen-bond donors (Lipinski definition) is 2. The highest BCUT2D eigenvalue weighted by molar-refractivity contribution is 7.86. The van der Waals surface area contributed by atoms with Gasteiger partial charge in [0.15, 0.2) is 5.96 Å². The van der Waals surface area contributed by atoms with Crippen molar-refractivity contribution in [2.75, 3.05) is 19.3 Å². The predicted octanol–water partition coefficient (Wildman–Crippen LogP) is 2.70. The lowest BCUT2D eigenvalue weighted by atomic mass is 10.2. The molecule has 0 aliphatic rings. The molecule has 0 saturated carbocycles. The zero-order chi connectivity index (χ0) is 16.8. The zero-order valence-corrected chi connectivity index (χ0v) is 16.2. The molecular weight excluding hydrogens is 314 g/mol. The van der Waals surface area contributed by atoms with Crippen molar-refractivity contribution in [3.8, 4) is 0 Å². The van der Waals surface area contributed by atoms with E-state index in [1.807, 2.05) is 32.1 Å². The summed E-state index contributed by atoms with van der Waals surface area (Å²) in [5.74, 6) is 1.40. The fourth-order valence-corrected chi connectivity index (χ4v) is 3.86. The van der Waals surface area contributed by atoms with Crippen molar-refractivity contribution >= 4 is 28.1 Å². The molecule has 1 aromatic heterocycles. The molecule has 0 aliphatic carbocycles. The van der Waals surface area contributed by atoms with Crippen LogP contribution in [0.15, 0.2) is 17.1 Å². The van der Waals surface area contributed by atoms with Gasteiger partial charge in [0, 0.05) is 57.1 Å². The lowest BCUT2D eigenvalue weighted by molar-refractivity contribution is 0.640. The highest BCUT2D eigenvalue weighted by atomic mass is 32.2. The van der Waals surface area contributed by atoms with Crippen LogP contribution in [-0.4, -0.2) is 40.3 Å². The van der Waals surface area contributed by atoms with Gasteiger partial charge in [0.2, 0.25) is 0 Å². The van der Waals surface area contributed by atoms with Gasteiger partial charge in [-0.2, -0.15) is 0 Å². The standard InChI is InChI=1S/C16H29N3OS2/c1-12(11-14-8-7-13(2)21-14)19-15(17-6)18-9-10-22(20)16(3,4)5/h7-8,12H,9-11H2,1-6H3,(H2,17,18,19). The average molecular weight is 344 g/mol. The molecule has 0 radical (unpaired) electrons. The molecule has 1 rings (SSSR count). The number of aryl methyl sites for hydroxylation is 1. The largest absolute Gasteiger partial charge is 0.355 e. The van der Waals surface area contributed by atoms with Gasteiger partial charge < -0.3 is 10.6 Å². The summed E-state index contributed by atoms with van der Waals surface area (Å²) in [7, 11) is 0.921. The monoisotopic (exact) mass is 343 g/mol. The summed E-state index contributed by atoms with van der Waals surface area (Å²) in [5.41, 5.74) is 0. The Bertz CT molecular complexity index is 518. The van der Waals surface area contributed by atoms with Gasteiger partial charge in [-0.05, 0) is 46.8 Å². The summed E-state index contributed by atoms with van der Waals surface area (Å²) in [5, 5.41) is 6.63. The molecule has 4 nitrogen and oxygen atoms in total. The number of guanidine groups is 1. The molecule has 0 aliphatic heterocycles. The Morgan fingerprint density at radius 2 is 2.09 bits per heavy atom. The van der Waals surface area contributed by atoms with Gasteiger partial charge in [-0.1, -0.05) is 0 Å². The lowest BCUT2D eigenvalue weighted by Gasteiger charge is -2.20. The van der Waals surface area contributed by atoms with Crippen molar-refractivity contribution in [2.45, 2.75) is 51.8 Å². The van der Waals surface area contributed by atoms with Gasteiger partial charge in [0.1, 0.15) is 0 Å². The SMILES string of the molecule is CN=C(NCCS(=O)C(C)(C)C)NC(C)Cc1ccc(C)s1. The Hall–Kier alpha value is -0.880. The third-order valence-corrected chi connectivity index (χ3v) is 6.14. The molecule has 0 saturated heterocycles. The summed E-state index contributed by atoms with van der Waals surface area (Å²) in [6.45, 7) is 10.9. The molecule has 1 aromatic rings. The summed E-state index contributed by atoms with van der Waals surface area (Å²) in [4.78, 5) is 6.95. The van der Waals surface area contributed by atoms with Crippen LogP contribution < -0.4 is 10.6 Å². The number of nitrogens with zero attached hydrogens (tertiary/aromatic N) is 1. The van der Waals surface area contributed by atoms with E-state index in [0.717, 1.165) is 12.4 Å². The fraction of sp³-hybridized carbons (Fsp3) is 0.688. The van der Waals surface area contributed by atoms with E-state index in [2.05, 4.69) is 41.6 Å². The zero-order valence-electron chi connectivity index (χ0n) is 14.5. The van der Waals surface area contributed by atoms with E-state index in [1.165, 1.54) is 9.75 Å². The normalized spacial score (nSPS) is 15.5. The van der Waals surface area contributed by atoms with Gasteiger partial charge in [0.05, 0.1) is 0 Å². The lowest BCUT2D eigenvalue weighted by Crippen LogP contribution is -2.44. The second-order valence-corrected chi connectivity index (χ2v) is 10.1. The fourth-order valence-electron chi connectivity index (χ4n) is 1.94. The summed E-state index contributed by atoms with van der Waals surface area (Å²) in [6, 6.07) is 4.64. The number of thiophene rings is 1. The summed E-state index contributed by atoms with van der Waals surface area (Å²) >= 11 is 1.83. The molecule has 0 spiro atoms. The van der Waals surface area contributed by atoms with Crippen LogP contribution in [-0.2, 0) is 17.2 Å². The minimum absolute atomic E-state index is 0.164. The predicted molar refractivity (Wildman–Crippen MR) is 99.5 cm³/mol. The first-order chi connectivity index (χ1) is 10.2. The first-order valence-corrected chi connectivity index (χ1v) is 9.77. The molecule has 2 unspecified atom stereocenters. The van der Waals surface area contributed by atoms with E-state index in [9.17, 15) is 4.21 Å². The first-order valence-electron chi connectivity index (χ1n) is 7.63. The van der Waals surface area contributed by atoms with Crippen molar-refractivity contribution in [3.05, 3.63) is 21.9 Å². The third-order valence-electron chi connectivity index (χ3n) is 3.17. The first kappa shape index (κ1) is 19.2. The number of hydrogen-bond acceptors (Lipinski definition) is 3. The van der Waals surface area contributed by atoms with Crippen molar-refractivity contribution in [1.29, 1.82) is 0 Å². The minimum Gasteiger partial charge on any atom is -0.355 e. The molecule has 0 fully saturated rings. The Morgan fingerprint density at radius 3 is 2.59 bits per heavy atom. The molecule has 2 N–H and O–H groups in total. The molecule has 0 bridgehead atoms. The van der Waals surface area contributed by atoms with Crippen molar-refractivity contribution < 1.29 is 4.21 Å². The number of rotatable bonds is 6. The maximum atomic E-state index is 12.0. The Kier molecular flexibility index (Phi) is 7.56. The van der Waals surface area contributed by atoms with E-state index in [1.54, 1.807) is 7.05 Å². The number of nitrogens with one attached hydrogen (secondary N) is 2. The topological polar surface area (TPSA) is 53.5 Å². The second-order valence-electron chi connectivity index (χ2n) is 6.42. The Balaban J connectivity index is 2.37. The van der Waals surface area contributed by atoms with Gasteiger partial charge in [-0.3, -0.25) is 9.20 Å². The molecule has 0 aromatic carbocycles. The van der Waals surface area contributed by atoms with E-state index < -0.39 is 10.8 Å². The van der Waals surface area contributed by atoms with Crippen LogP contribution in [0.5, 0.6) is 0 Å². The Morgan fingerprint density at radius 1 is 1.41 bits per heavy atom. The van der Waals surface area contributed by atoms with Gasteiger partial charge >= 0.3 is 0 Å². The van der Waals surface area contributed by atoms with Crippen LogP contribution in [0.25, 0.3) is 0 Å². The van der Waals surface area contributed by atoms with Crippen LogP contribution in [0, 0.1) is 6.92 Å². The van der Waals surface area contributed by atoms with Crippen molar-refractivity contribution in [3.63, 3.8) is 0 Å².